The van der Waals surface area contributed by atoms with E-state index < -0.39 is 12.5 Å². The molecule has 0 amide bonds. The zero-order valence-electron chi connectivity index (χ0n) is 19.8. The molecule has 0 saturated heterocycles. The minimum atomic E-state index is -4.49. The van der Waals surface area contributed by atoms with Gasteiger partial charge in [-0.2, -0.15) is 17.6 Å². The van der Waals surface area contributed by atoms with Gasteiger partial charge in [-0.1, -0.05) is 63.7 Å². The van der Waals surface area contributed by atoms with E-state index in [9.17, 15) is 17.6 Å². The van der Waals surface area contributed by atoms with Gasteiger partial charge in [-0.05, 0) is 80.5 Å². The Morgan fingerprint density at radius 3 is 2.06 bits per heavy atom. The Morgan fingerprint density at radius 1 is 0.879 bits per heavy atom. The normalized spacial score (nSPS) is 26.0. The zero-order chi connectivity index (χ0) is 23.7. The van der Waals surface area contributed by atoms with E-state index in [1.165, 1.54) is 94.9 Å². The second-order valence-electron chi connectivity index (χ2n) is 10.0. The lowest BCUT2D eigenvalue weighted by molar-refractivity contribution is -0.253. The Hall–Kier alpha value is -1.70. The molecular formula is C28H38F4O. The summed E-state index contributed by atoms with van der Waals surface area (Å²) in [7, 11) is 0. The summed E-state index contributed by atoms with van der Waals surface area (Å²) in [6.45, 7) is 2.27. The molecule has 0 heterocycles. The van der Waals surface area contributed by atoms with Crippen molar-refractivity contribution in [3.8, 4) is 17.6 Å². The van der Waals surface area contributed by atoms with E-state index in [1.807, 2.05) is 0 Å². The van der Waals surface area contributed by atoms with Crippen molar-refractivity contribution in [1.29, 1.82) is 0 Å². The fourth-order valence-corrected chi connectivity index (χ4v) is 5.54. The fraction of sp³-hybridized carbons (Fsp3) is 0.714. The van der Waals surface area contributed by atoms with E-state index in [1.54, 1.807) is 0 Å². The lowest BCUT2D eigenvalue weighted by Crippen LogP contribution is -2.33. The third-order valence-corrected chi connectivity index (χ3v) is 7.58. The van der Waals surface area contributed by atoms with Gasteiger partial charge in [0.05, 0.1) is 0 Å². The Balaban J connectivity index is 1.38. The van der Waals surface area contributed by atoms with Crippen LogP contribution in [-0.4, -0.2) is 12.5 Å². The topological polar surface area (TPSA) is 9.23 Å². The predicted molar refractivity (Wildman–Crippen MR) is 125 cm³/mol. The van der Waals surface area contributed by atoms with Crippen LogP contribution in [0.25, 0.3) is 0 Å². The van der Waals surface area contributed by atoms with Gasteiger partial charge in [-0.3, -0.25) is 0 Å². The largest absolute Gasteiger partial charge is 0.461 e. The van der Waals surface area contributed by atoms with Crippen molar-refractivity contribution >= 4 is 0 Å². The standard InChI is InChI=1S/C28H38F4O/c1-2-3-4-5-6-21-9-15-24(16-10-21)25-17-11-22(12-18-25)7-8-23-13-19-26(20-14-23)33-28(31,32)27(29)30/h13-14,19-22,24-25,27H,2-6,9-12,15-18H2,1H3/t21-,22?,24-,25?. The SMILES string of the molecule is CCCCCC[C@H]1CC[C@H](C2CCC(C#Cc3ccc(OC(F)(F)C(F)F)cc3)CC2)CC1. The van der Waals surface area contributed by atoms with Crippen molar-refractivity contribution in [1.82, 2.24) is 0 Å². The van der Waals surface area contributed by atoms with Gasteiger partial charge in [0.25, 0.3) is 0 Å². The molecule has 0 atom stereocenters. The van der Waals surface area contributed by atoms with Crippen LogP contribution in [0, 0.1) is 35.5 Å². The van der Waals surface area contributed by atoms with Crippen molar-refractivity contribution in [2.24, 2.45) is 23.7 Å². The third-order valence-electron chi connectivity index (χ3n) is 7.58. The van der Waals surface area contributed by atoms with E-state index in [4.69, 9.17) is 0 Å². The molecule has 5 heteroatoms. The fourth-order valence-electron chi connectivity index (χ4n) is 5.54. The molecule has 184 valence electrons. The monoisotopic (exact) mass is 466 g/mol. The van der Waals surface area contributed by atoms with Crippen LogP contribution in [0.2, 0.25) is 0 Å². The minimum absolute atomic E-state index is 0.290. The Bertz CT molecular complexity index is 748. The van der Waals surface area contributed by atoms with E-state index in [-0.39, 0.29) is 5.75 Å². The second kappa shape index (κ2) is 12.7. The highest BCUT2D eigenvalue weighted by atomic mass is 19.3. The van der Waals surface area contributed by atoms with Gasteiger partial charge in [0.2, 0.25) is 0 Å². The van der Waals surface area contributed by atoms with Crippen LogP contribution in [0.4, 0.5) is 17.6 Å². The van der Waals surface area contributed by atoms with Gasteiger partial charge in [0, 0.05) is 11.5 Å². The van der Waals surface area contributed by atoms with E-state index >= 15 is 0 Å². The van der Waals surface area contributed by atoms with Gasteiger partial charge in [-0.25, -0.2) is 0 Å². The number of ether oxygens (including phenoxy) is 1. The Kier molecular flexibility index (Phi) is 9.95. The minimum Gasteiger partial charge on any atom is -0.428 e. The summed E-state index contributed by atoms with van der Waals surface area (Å²) in [5.74, 6) is 9.22. The second-order valence-corrected chi connectivity index (χ2v) is 10.0. The average molecular weight is 467 g/mol. The highest BCUT2D eigenvalue weighted by Gasteiger charge is 2.43. The number of halogens is 4. The number of rotatable bonds is 9. The van der Waals surface area contributed by atoms with Gasteiger partial charge in [0.15, 0.2) is 0 Å². The number of unbranched alkanes of at least 4 members (excludes halogenated alkanes) is 3. The molecule has 2 aliphatic rings. The molecule has 0 N–H and O–H groups in total. The lowest BCUT2D eigenvalue weighted by atomic mass is 9.69. The van der Waals surface area contributed by atoms with Crippen LogP contribution in [0.15, 0.2) is 24.3 Å². The predicted octanol–water partition coefficient (Wildman–Crippen LogP) is 8.86. The van der Waals surface area contributed by atoms with E-state index in [0.717, 1.165) is 30.6 Å². The summed E-state index contributed by atoms with van der Waals surface area (Å²) in [5.41, 5.74) is 0.682. The Labute approximate surface area is 196 Å². The molecule has 33 heavy (non-hydrogen) atoms. The van der Waals surface area contributed by atoms with Crippen LogP contribution in [0.1, 0.15) is 96.0 Å². The van der Waals surface area contributed by atoms with Gasteiger partial charge >= 0.3 is 12.5 Å². The van der Waals surface area contributed by atoms with E-state index in [0.29, 0.717) is 11.5 Å². The van der Waals surface area contributed by atoms with Crippen molar-refractivity contribution in [3.05, 3.63) is 29.8 Å². The first-order valence-corrected chi connectivity index (χ1v) is 12.8. The number of hydrogen-bond donors (Lipinski definition) is 0. The molecule has 0 aromatic heterocycles. The highest BCUT2D eigenvalue weighted by Crippen LogP contribution is 2.42. The van der Waals surface area contributed by atoms with Crippen molar-refractivity contribution in [2.45, 2.75) is 103 Å². The molecule has 2 saturated carbocycles. The molecule has 0 unspecified atom stereocenters. The molecule has 0 radical (unpaired) electrons. The van der Waals surface area contributed by atoms with Crippen LogP contribution in [-0.2, 0) is 0 Å². The van der Waals surface area contributed by atoms with Crippen LogP contribution < -0.4 is 4.74 Å². The molecule has 2 fully saturated rings. The van der Waals surface area contributed by atoms with Gasteiger partial charge in [-0.15, -0.1) is 0 Å². The first kappa shape index (κ1) is 25.9. The van der Waals surface area contributed by atoms with Crippen LogP contribution in [0.5, 0.6) is 5.75 Å². The highest BCUT2D eigenvalue weighted by molar-refractivity contribution is 5.38. The number of benzene rings is 1. The third kappa shape index (κ3) is 8.23. The smallest absolute Gasteiger partial charge is 0.428 e. The molecule has 3 rings (SSSR count). The molecule has 0 aliphatic heterocycles. The molecule has 1 nitrogen and oxygen atoms in total. The van der Waals surface area contributed by atoms with Crippen LogP contribution in [0.3, 0.4) is 0 Å². The van der Waals surface area contributed by atoms with Crippen molar-refractivity contribution < 1.29 is 22.3 Å². The van der Waals surface area contributed by atoms with Crippen LogP contribution >= 0.6 is 0 Å². The maximum atomic E-state index is 13.0. The molecule has 0 bridgehead atoms. The summed E-state index contributed by atoms with van der Waals surface area (Å²) >= 11 is 0. The number of alkyl halides is 4. The molecule has 1 aromatic carbocycles. The first-order chi connectivity index (χ1) is 15.9. The summed E-state index contributed by atoms with van der Waals surface area (Å²) in [4.78, 5) is 0. The molecular weight excluding hydrogens is 428 g/mol. The first-order valence-electron chi connectivity index (χ1n) is 12.8. The lowest BCUT2D eigenvalue weighted by Gasteiger charge is -2.37. The average Bonchev–Trinajstić information content (AvgIpc) is 2.82. The number of hydrogen-bond acceptors (Lipinski definition) is 1. The summed E-state index contributed by atoms with van der Waals surface area (Å²) in [6.07, 6.45) is 8.95. The quantitative estimate of drug-likeness (QED) is 0.201. The van der Waals surface area contributed by atoms with Crippen molar-refractivity contribution in [3.63, 3.8) is 0 Å². The van der Waals surface area contributed by atoms with E-state index in [2.05, 4.69) is 23.5 Å². The molecule has 0 spiro atoms. The summed E-state index contributed by atoms with van der Waals surface area (Å²) in [6, 6.07) is 5.60. The van der Waals surface area contributed by atoms with Crippen molar-refractivity contribution in [2.75, 3.05) is 0 Å². The summed E-state index contributed by atoms with van der Waals surface area (Å²) < 4.78 is 54.5. The Morgan fingerprint density at radius 2 is 1.48 bits per heavy atom. The maximum absolute atomic E-state index is 13.0. The van der Waals surface area contributed by atoms with Gasteiger partial charge < -0.3 is 4.74 Å². The zero-order valence-corrected chi connectivity index (χ0v) is 19.8. The van der Waals surface area contributed by atoms with Gasteiger partial charge in [0.1, 0.15) is 5.75 Å². The summed E-state index contributed by atoms with van der Waals surface area (Å²) in [5, 5.41) is 0. The molecule has 2 aliphatic carbocycles. The maximum Gasteiger partial charge on any atom is 0.461 e. The molecule has 1 aromatic rings.